The normalized spacial score (nSPS) is 33.6. The van der Waals surface area contributed by atoms with Crippen molar-refractivity contribution in [1.29, 1.82) is 0 Å². The molecule has 1 N–H and O–H groups in total. The van der Waals surface area contributed by atoms with Gasteiger partial charge in [0.05, 0.1) is 12.6 Å². The molecule has 0 aromatic heterocycles. The number of nitrogens with zero attached hydrogens (tertiary/aromatic N) is 1. The molecule has 2 heteroatoms. The van der Waals surface area contributed by atoms with E-state index in [0.717, 1.165) is 5.56 Å². The monoisotopic (exact) mass is 271 g/mol. The number of hydrogen-bond donors (Lipinski definition) is 1. The van der Waals surface area contributed by atoms with Crippen LogP contribution in [0.5, 0.6) is 0 Å². The molecule has 0 saturated heterocycles. The Hall–Kier alpha value is -1.15. The van der Waals surface area contributed by atoms with Gasteiger partial charge in [-0.3, -0.25) is 4.99 Å². The smallest absolute Gasteiger partial charge is 0.0976 e. The van der Waals surface area contributed by atoms with Gasteiger partial charge in [0.15, 0.2) is 0 Å². The molecule has 108 valence electrons. The predicted molar refractivity (Wildman–Crippen MR) is 82.9 cm³/mol. The summed E-state index contributed by atoms with van der Waals surface area (Å²) in [6, 6.07) is 9.98. The molecule has 1 aromatic carbocycles. The first-order chi connectivity index (χ1) is 9.40. The van der Waals surface area contributed by atoms with Crippen molar-refractivity contribution in [3.8, 4) is 0 Å². The Balaban J connectivity index is 1.65. The average Bonchev–Trinajstić information content (AvgIpc) is 2.30. The minimum atomic E-state index is -0.101. The van der Waals surface area contributed by atoms with Crippen LogP contribution >= 0.6 is 0 Å². The largest absolute Gasteiger partial charge is 0.394 e. The van der Waals surface area contributed by atoms with Crippen LogP contribution in [0.25, 0.3) is 0 Å². The molecule has 3 fully saturated rings. The lowest BCUT2D eigenvalue weighted by molar-refractivity contribution is -0.216. The molecule has 0 heterocycles. The van der Waals surface area contributed by atoms with Gasteiger partial charge in [0.2, 0.25) is 0 Å². The van der Waals surface area contributed by atoms with E-state index in [1.165, 1.54) is 19.3 Å². The standard InChI is InChI=1S/C18H25NO/c1-16(2,3)18-10-17(11-18,12-18)13-19-15(9-20)14-7-5-4-6-8-14/h4-8,13,15,20H,9-12H2,1-3H3/t15-,17?,18?/m0/s1. The van der Waals surface area contributed by atoms with Gasteiger partial charge in [-0.15, -0.1) is 0 Å². The zero-order valence-corrected chi connectivity index (χ0v) is 12.8. The quantitative estimate of drug-likeness (QED) is 0.825. The molecule has 1 atom stereocenters. The van der Waals surface area contributed by atoms with E-state index in [4.69, 9.17) is 0 Å². The van der Waals surface area contributed by atoms with Gasteiger partial charge in [0.1, 0.15) is 0 Å². The summed E-state index contributed by atoms with van der Waals surface area (Å²) < 4.78 is 0. The molecule has 0 unspecified atom stereocenters. The van der Waals surface area contributed by atoms with Crippen molar-refractivity contribution < 1.29 is 5.11 Å². The Morgan fingerprint density at radius 1 is 1.20 bits per heavy atom. The molecule has 3 aliphatic rings. The number of aliphatic imine (C=N–C) groups is 1. The van der Waals surface area contributed by atoms with E-state index in [9.17, 15) is 5.11 Å². The number of aliphatic hydroxyl groups excluding tert-OH is 1. The highest BCUT2D eigenvalue weighted by Crippen LogP contribution is 2.78. The molecule has 0 aliphatic heterocycles. The summed E-state index contributed by atoms with van der Waals surface area (Å²) in [7, 11) is 0. The van der Waals surface area contributed by atoms with E-state index in [2.05, 4.69) is 32.0 Å². The van der Waals surface area contributed by atoms with E-state index in [-0.39, 0.29) is 12.6 Å². The number of hydrogen-bond acceptors (Lipinski definition) is 2. The molecule has 2 nitrogen and oxygen atoms in total. The summed E-state index contributed by atoms with van der Waals surface area (Å²) in [6.07, 6.45) is 5.98. The highest BCUT2D eigenvalue weighted by atomic mass is 16.3. The Labute approximate surface area is 121 Å². The van der Waals surface area contributed by atoms with Gasteiger partial charge < -0.3 is 5.11 Å². The molecule has 0 amide bonds. The predicted octanol–water partition coefficient (Wildman–Crippen LogP) is 4.01. The maximum atomic E-state index is 9.55. The Bertz CT molecular complexity index is 492. The molecule has 0 spiro atoms. The van der Waals surface area contributed by atoms with Crippen LogP contribution in [0.1, 0.15) is 51.6 Å². The molecular formula is C18H25NO. The molecule has 3 aliphatic carbocycles. The van der Waals surface area contributed by atoms with E-state index in [0.29, 0.717) is 16.2 Å². The summed E-state index contributed by atoms with van der Waals surface area (Å²) in [6.45, 7) is 7.15. The third-order valence-electron chi connectivity index (χ3n) is 5.55. The third-order valence-corrected chi connectivity index (χ3v) is 5.55. The van der Waals surface area contributed by atoms with Crippen LogP contribution in [0.4, 0.5) is 0 Å². The van der Waals surface area contributed by atoms with Crippen LogP contribution in [0, 0.1) is 16.2 Å². The molecule has 3 saturated carbocycles. The second-order valence-corrected chi connectivity index (χ2v) is 7.81. The molecule has 20 heavy (non-hydrogen) atoms. The van der Waals surface area contributed by atoms with Crippen molar-refractivity contribution in [2.24, 2.45) is 21.2 Å². The first-order valence-corrected chi connectivity index (χ1v) is 7.60. The summed E-state index contributed by atoms with van der Waals surface area (Å²) in [5.74, 6) is 0. The van der Waals surface area contributed by atoms with Crippen LogP contribution in [0.3, 0.4) is 0 Å². The molecule has 4 rings (SSSR count). The maximum absolute atomic E-state index is 9.55. The Morgan fingerprint density at radius 2 is 1.80 bits per heavy atom. The summed E-state index contributed by atoms with van der Waals surface area (Å²) in [4.78, 5) is 4.68. The van der Waals surface area contributed by atoms with Crippen molar-refractivity contribution in [3.05, 3.63) is 35.9 Å². The van der Waals surface area contributed by atoms with E-state index < -0.39 is 0 Å². The highest BCUT2D eigenvalue weighted by molar-refractivity contribution is 5.72. The molecule has 1 aromatic rings. The van der Waals surface area contributed by atoms with Crippen LogP contribution in [0.2, 0.25) is 0 Å². The van der Waals surface area contributed by atoms with Crippen molar-refractivity contribution in [2.75, 3.05) is 6.61 Å². The second-order valence-electron chi connectivity index (χ2n) is 7.81. The first-order valence-electron chi connectivity index (χ1n) is 7.60. The molecular weight excluding hydrogens is 246 g/mol. The van der Waals surface area contributed by atoms with Gasteiger partial charge in [-0.25, -0.2) is 0 Å². The fraction of sp³-hybridized carbons (Fsp3) is 0.611. The number of aliphatic hydroxyl groups is 1. The highest BCUT2D eigenvalue weighted by Gasteiger charge is 2.70. The zero-order chi connectivity index (χ0) is 14.4. The van der Waals surface area contributed by atoms with Crippen LogP contribution < -0.4 is 0 Å². The van der Waals surface area contributed by atoms with Gasteiger partial charge in [-0.2, -0.15) is 0 Å². The second kappa shape index (κ2) is 4.42. The first kappa shape index (κ1) is 13.8. The van der Waals surface area contributed by atoms with Crippen LogP contribution in [0.15, 0.2) is 35.3 Å². The third kappa shape index (κ3) is 2.01. The lowest BCUT2D eigenvalue weighted by Gasteiger charge is -2.74. The number of benzene rings is 1. The van der Waals surface area contributed by atoms with Gasteiger partial charge in [0.25, 0.3) is 0 Å². The summed E-state index contributed by atoms with van der Waals surface area (Å²) >= 11 is 0. The fourth-order valence-corrected chi connectivity index (χ4v) is 3.96. The van der Waals surface area contributed by atoms with Gasteiger partial charge in [0, 0.05) is 11.6 Å². The SMILES string of the molecule is CC(C)(C)C12CC(C=N[C@@H](CO)c3ccccc3)(C1)C2. The minimum Gasteiger partial charge on any atom is -0.394 e. The van der Waals surface area contributed by atoms with Gasteiger partial charge >= 0.3 is 0 Å². The van der Waals surface area contributed by atoms with Gasteiger partial charge in [-0.1, -0.05) is 51.1 Å². The summed E-state index contributed by atoms with van der Waals surface area (Å²) in [5, 5.41) is 9.55. The lowest BCUT2D eigenvalue weighted by Crippen LogP contribution is -2.67. The van der Waals surface area contributed by atoms with Crippen molar-refractivity contribution >= 4 is 6.21 Å². The van der Waals surface area contributed by atoms with E-state index in [1.54, 1.807) is 0 Å². The molecule has 2 bridgehead atoms. The Kier molecular flexibility index (Phi) is 3.06. The van der Waals surface area contributed by atoms with E-state index in [1.807, 2.05) is 30.3 Å². The fourth-order valence-electron chi connectivity index (χ4n) is 3.96. The van der Waals surface area contributed by atoms with Crippen LogP contribution in [-0.2, 0) is 0 Å². The topological polar surface area (TPSA) is 32.6 Å². The van der Waals surface area contributed by atoms with Gasteiger partial charge in [-0.05, 0) is 35.7 Å². The lowest BCUT2D eigenvalue weighted by atomic mass is 9.30. The number of rotatable bonds is 4. The zero-order valence-electron chi connectivity index (χ0n) is 12.8. The van der Waals surface area contributed by atoms with E-state index >= 15 is 0 Å². The van der Waals surface area contributed by atoms with Crippen molar-refractivity contribution in [1.82, 2.24) is 0 Å². The molecule has 0 radical (unpaired) electrons. The maximum Gasteiger partial charge on any atom is 0.0976 e. The van der Waals surface area contributed by atoms with Crippen molar-refractivity contribution in [3.63, 3.8) is 0 Å². The summed E-state index contributed by atoms with van der Waals surface area (Å²) in [5.41, 5.74) is 2.41. The Morgan fingerprint density at radius 3 is 2.30 bits per heavy atom. The van der Waals surface area contributed by atoms with Crippen LogP contribution in [-0.4, -0.2) is 17.9 Å². The van der Waals surface area contributed by atoms with Crippen molar-refractivity contribution in [2.45, 2.75) is 46.1 Å². The minimum absolute atomic E-state index is 0.0843. The average molecular weight is 271 g/mol.